The first-order valence-corrected chi connectivity index (χ1v) is 6.53. The third kappa shape index (κ3) is 3.95. The number of amides is 1. The molecule has 1 N–H and O–H groups in total. The van der Waals surface area contributed by atoms with E-state index in [9.17, 15) is 4.79 Å². The largest absolute Gasteiger partial charge is 0.325 e. The summed E-state index contributed by atoms with van der Waals surface area (Å²) in [6.45, 7) is 3.63. The first-order valence-electron chi connectivity index (χ1n) is 5.10. The molecular weight excluding hydrogens is 256 g/mol. The number of rotatable bonds is 4. The zero-order valence-corrected chi connectivity index (χ0v) is 11.2. The third-order valence-electron chi connectivity index (χ3n) is 2.29. The van der Waals surface area contributed by atoms with Gasteiger partial charge in [-0.25, -0.2) is 0 Å². The number of hydrogen-bond donors (Lipinski definition) is 1. The van der Waals surface area contributed by atoms with Gasteiger partial charge < -0.3 is 5.32 Å². The summed E-state index contributed by atoms with van der Waals surface area (Å²) in [5, 5.41) is 11.6. The molecule has 5 heteroatoms. The van der Waals surface area contributed by atoms with Crippen LogP contribution < -0.4 is 5.32 Å². The van der Waals surface area contributed by atoms with Crippen molar-refractivity contribution in [3.63, 3.8) is 0 Å². The predicted molar refractivity (Wildman–Crippen MR) is 72.4 cm³/mol. The molecule has 0 aliphatic heterocycles. The summed E-state index contributed by atoms with van der Waals surface area (Å²) in [6.07, 6.45) is 0. The van der Waals surface area contributed by atoms with Crippen LogP contribution in [0, 0.1) is 18.3 Å². The Morgan fingerprint density at radius 3 is 3.00 bits per heavy atom. The van der Waals surface area contributed by atoms with Gasteiger partial charge in [0.15, 0.2) is 0 Å². The molecule has 0 aliphatic rings. The lowest BCUT2D eigenvalue weighted by Gasteiger charge is -2.12. The van der Waals surface area contributed by atoms with Gasteiger partial charge in [0.1, 0.15) is 0 Å². The molecule has 0 bridgehead atoms. The number of thioether (sulfide) groups is 1. The average molecular weight is 269 g/mol. The van der Waals surface area contributed by atoms with Gasteiger partial charge in [0, 0.05) is 10.7 Å². The van der Waals surface area contributed by atoms with E-state index in [1.54, 1.807) is 25.1 Å². The number of carbonyl (C=O) groups is 1. The van der Waals surface area contributed by atoms with E-state index >= 15 is 0 Å². The van der Waals surface area contributed by atoms with Crippen molar-refractivity contribution in [2.24, 2.45) is 0 Å². The highest BCUT2D eigenvalue weighted by molar-refractivity contribution is 8.00. The van der Waals surface area contributed by atoms with Crippen molar-refractivity contribution in [2.75, 3.05) is 11.1 Å². The summed E-state index contributed by atoms with van der Waals surface area (Å²) in [5.41, 5.74) is 1.56. The third-order valence-corrected chi connectivity index (χ3v) is 3.71. The van der Waals surface area contributed by atoms with E-state index < -0.39 is 0 Å². The maximum Gasteiger partial charge on any atom is 0.237 e. The molecule has 1 aromatic carbocycles. The molecular formula is C12H13ClN2OS. The van der Waals surface area contributed by atoms with Gasteiger partial charge in [0.2, 0.25) is 5.91 Å². The molecule has 17 heavy (non-hydrogen) atoms. The summed E-state index contributed by atoms with van der Waals surface area (Å²) in [7, 11) is 0. The average Bonchev–Trinajstić information content (AvgIpc) is 2.31. The molecule has 0 radical (unpaired) electrons. The fourth-order valence-corrected chi connectivity index (χ4v) is 1.92. The van der Waals surface area contributed by atoms with Crippen molar-refractivity contribution >= 4 is 35.0 Å². The lowest BCUT2D eigenvalue weighted by molar-refractivity contribution is -0.115. The van der Waals surface area contributed by atoms with Crippen LogP contribution in [0.3, 0.4) is 0 Å². The maximum atomic E-state index is 11.8. The van der Waals surface area contributed by atoms with E-state index in [2.05, 4.69) is 5.32 Å². The summed E-state index contributed by atoms with van der Waals surface area (Å²) in [6, 6.07) is 7.37. The van der Waals surface area contributed by atoms with Gasteiger partial charge in [0.05, 0.1) is 17.1 Å². The van der Waals surface area contributed by atoms with Crippen LogP contribution in [0.4, 0.5) is 5.69 Å². The van der Waals surface area contributed by atoms with Crippen LogP contribution in [-0.2, 0) is 4.79 Å². The van der Waals surface area contributed by atoms with Crippen LogP contribution in [0.15, 0.2) is 18.2 Å². The molecule has 0 spiro atoms. The summed E-state index contributed by atoms with van der Waals surface area (Å²) in [5.74, 6) is 0.193. The Balaban J connectivity index is 2.68. The van der Waals surface area contributed by atoms with Crippen LogP contribution in [0.25, 0.3) is 0 Å². The van der Waals surface area contributed by atoms with Gasteiger partial charge in [-0.15, -0.1) is 11.8 Å². The first-order chi connectivity index (χ1) is 8.06. The molecule has 1 amide bonds. The smallest absolute Gasteiger partial charge is 0.237 e. The number of nitrogens with zero attached hydrogens (tertiary/aromatic N) is 1. The van der Waals surface area contributed by atoms with Gasteiger partial charge >= 0.3 is 0 Å². The van der Waals surface area contributed by atoms with Gasteiger partial charge in [-0.05, 0) is 31.5 Å². The monoisotopic (exact) mass is 268 g/mol. The van der Waals surface area contributed by atoms with Crippen molar-refractivity contribution in [1.29, 1.82) is 5.26 Å². The second kappa shape index (κ2) is 6.53. The molecule has 0 aromatic heterocycles. The van der Waals surface area contributed by atoms with Crippen LogP contribution >= 0.6 is 23.4 Å². The Morgan fingerprint density at radius 2 is 2.35 bits per heavy atom. The number of halogens is 1. The molecule has 0 aliphatic carbocycles. The molecule has 90 valence electrons. The van der Waals surface area contributed by atoms with Gasteiger partial charge in [-0.3, -0.25) is 4.79 Å². The highest BCUT2D eigenvalue weighted by Gasteiger charge is 2.14. The Bertz CT molecular complexity index is 456. The Kier molecular flexibility index (Phi) is 5.33. The quantitative estimate of drug-likeness (QED) is 0.912. The molecule has 0 heterocycles. The van der Waals surface area contributed by atoms with Crippen molar-refractivity contribution in [3.8, 4) is 6.07 Å². The van der Waals surface area contributed by atoms with Crippen molar-refractivity contribution in [1.82, 2.24) is 0 Å². The molecule has 0 saturated carbocycles. The fraction of sp³-hybridized carbons (Fsp3) is 0.333. The fourth-order valence-electron chi connectivity index (χ4n) is 1.22. The summed E-state index contributed by atoms with van der Waals surface area (Å²) in [4.78, 5) is 11.8. The first kappa shape index (κ1) is 13.9. The number of nitrogens with one attached hydrogen (secondary N) is 1. The number of carbonyl (C=O) groups excluding carboxylic acids is 1. The topological polar surface area (TPSA) is 52.9 Å². The van der Waals surface area contributed by atoms with Crippen LogP contribution in [0.2, 0.25) is 5.02 Å². The zero-order valence-electron chi connectivity index (χ0n) is 9.66. The van der Waals surface area contributed by atoms with Crippen molar-refractivity contribution < 1.29 is 4.79 Å². The molecule has 1 unspecified atom stereocenters. The van der Waals surface area contributed by atoms with E-state index in [1.807, 2.05) is 13.0 Å². The minimum atomic E-state index is -0.256. The molecule has 1 atom stereocenters. The summed E-state index contributed by atoms with van der Waals surface area (Å²) >= 11 is 7.27. The molecule has 0 fully saturated rings. The zero-order chi connectivity index (χ0) is 12.8. The number of benzene rings is 1. The Morgan fingerprint density at radius 1 is 1.65 bits per heavy atom. The second-order valence-corrected chi connectivity index (χ2v) is 5.25. The standard InChI is InChI=1S/C12H13ClN2OS/c1-8-10(13)4-3-5-11(8)15-12(16)9(2)17-7-6-14/h3-5,9H,7H2,1-2H3,(H,15,16). The Hall–Kier alpha value is -1.18. The van der Waals surface area contributed by atoms with E-state index in [0.717, 1.165) is 5.56 Å². The SMILES string of the molecule is Cc1c(Cl)cccc1NC(=O)C(C)SCC#N. The van der Waals surface area contributed by atoms with E-state index in [0.29, 0.717) is 16.5 Å². The minimum absolute atomic E-state index is 0.115. The lowest BCUT2D eigenvalue weighted by atomic mass is 10.2. The summed E-state index contributed by atoms with van der Waals surface area (Å²) < 4.78 is 0. The lowest BCUT2D eigenvalue weighted by Crippen LogP contribution is -2.23. The van der Waals surface area contributed by atoms with Gasteiger partial charge in [0.25, 0.3) is 0 Å². The van der Waals surface area contributed by atoms with Crippen LogP contribution in [0.5, 0.6) is 0 Å². The second-order valence-electron chi connectivity index (χ2n) is 3.51. The molecule has 3 nitrogen and oxygen atoms in total. The molecule has 0 saturated heterocycles. The number of nitriles is 1. The highest BCUT2D eigenvalue weighted by atomic mass is 35.5. The molecule has 1 rings (SSSR count). The minimum Gasteiger partial charge on any atom is -0.325 e. The number of anilines is 1. The van der Waals surface area contributed by atoms with E-state index in [1.165, 1.54) is 11.8 Å². The number of hydrogen-bond acceptors (Lipinski definition) is 3. The Labute approximate surface area is 110 Å². The van der Waals surface area contributed by atoms with Crippen molar-refractivity contribution in [2.45, 2.75) is 19.1 Å². The van der Waals surface area contributed by atoms with Crippen molar-refractivity contribution in [3.05, 3.63) is 28.8 Å². The van der Waals surface area contributed by atoms with Gasteiger partial charge in [-0.1, -0.05) is 17.7 Å². The maximum absolute atomic E-state index is 11.8. The van der Waals surface area contributed by atoms with E-state index in [4.69, 9.17) is 16.9 Å². The predicted octanol–water partition coefficient (Wildman–Crippen LogP) is 3.23. The van der Waals surface area contributed by atoms with E-state index in [-0.39, 0.29) is 11.2 Å². The van der Waals surface area contributed by atoms with Gasteiger partial charge in [-0.2, -0.15) is 5.26 Å². The van der Waals surface area contributed by atoms with Crippen LogP contribution in [-0.4, -0.2) is 16.9 Å². The normalized spacial score (nSPS) is 11.6. The van der Waals surface area contributed by atoms with Crippen LogP contribution in [0.1, 0.15) is 12.5 Å². The highest BCUT2D eigenvalue weighted by Crippen LogP contribution is 2.23. The molecule has 1 aromatic rings.